The lowest BCUT2D eigenvalue weighted by molar-refractivity contribution is -0.116. The van der Waals surface area contributed by atoms with Crippen molar-refractivity contribution in [1.82, 2.24) is 9.97 Å². The Morgan fingerprint density at radius 2 is 1.67 bits per heavy atom. The molecule has 0 atom stereocenters. The summed E-state index contributed by atoms with van der Waals surface area (Å²) in [5.41, 5.74) is 3.58. The van der Waals surface area contributed by atoms with Crippen LogP contribution < -0.4 is 20.3 Å². The molecule has 2 N–H and O–H groups in total. The second-order valence-corrected chi connectivity index (χ2v) is 7.18. The minimum Gasteiger partial charge on any atom is -0.497 e. The molecule has 0 radical (unpaired) electrons. The lowest BCUT2D eigenvalue weighted by Gasteiger charge is -2.14. The molecule has 1 heterocycles. The van der Waals surface area contributed by atoms with Crippen molar-refractivity contribution in [3.63, 3.8) is 0 Å². The Morgan fingerprint density at radius 1 is 1.00 bits per heavy atom. The highest BCUT2D eigenvalue weighted by molar-refractivity contribution is 5.91. The largest absolute Gasteiger partial charge is 0.497 e. The summed E-state index contributed by atoms with van der Waals surface area (Å²) in [5.74, 6) is 2.16. The molecule has 2 aromatic carbocycles. The molecule has 7 heteroatoms. The van der Waals surface area contributed by atoms with Gasteiger partial charge in [-0.25, -0.2) is 4.98 Å². The number of aryl methyl sites for hydroxylation is 2. The lowest BCUT2D eigenvalue weighted by Crippen LogP contribution is -2.13. The number of benzene rings is 2. The number of hydrogen-bond acceptors (Lipinski definition) is 6. The van der Waals surface area contributed by atoms with Crippen LogP contribution in [-0.2, 0) is 11.2 Å². The monoisotopic (exact) mass is 405 g/mol. The second-order valence-electron chi connectivity index (χ2n) is 7.18. The zero-order valence-electron chi connectivity index (χ0n) is 17.8. The average Bonchev–Trinajstić information content (AvgIpc) is 2.73. The summed E-state index contributed by atoms with van der Waals surface area (Å²) in [6.45, 7) is 1.93. The molecule has 156 valence electrons. The number of nitrogens with zero attached hydrogens (tertiary/aromatic N) is 3. The summed E-state index contributed by atoms with van der Waals surface area (Å²) in [5, 5.41) is 6.13. The Labute approximate surface area is 177 Å². The summed E-state index contributed by atoms with van der Waals surface area (Å²) in [6.07, 6.45) is 1.09. The van der Waals surface area contributed by atoms with Gasteiger partial charge in [-0.15, -0.1) is 0 Å². The topological polar surface area (TPSA) is 79.4 Å². The fourth-order valence-corrected chi connectivity index (χ4v) is 2.88. The van der Waals surface area contributed by atoms with Gasteiger partial charge in [-0.05, 0) is 55.3 Å². The first kappa shape index (κ1) is 21.1. The number of nitrogens with one attached hydrogen (secondary N) is 2. The number of methoxy groups -OCH3 is 1. The third-order valence-electron chi connectivity index (χ3n) is 4.52. The fourth-order valence-electron chi connectivity index (χ4n) is 2.88. The van der Waals surface area contributed by atoms with Crippen LogP contribution >= 0.6 is 0 Å². The predicted octanol–water partition coefficient (Wildman–Crippen LogP) is 4.17. The van der Waals surface area contributed by atoms with E-state index < -0.39 is 0 Å². The summed E-state index contributed by atoms with van der Waals surface area (Å²) in [6, 6.07) is 17.2. The van der Waals surface area contributed by atoms with Crippen molar-refractivity contribution in [1.29, 1.82) is 0 Å². The van der Waals surface area contributed by atoms with Gasteiger partial charge < -0.3 is 20.3 Å². The van der Waals surface area contributed by atoms with Crippen LogP contribution in [0, 0.1) is 6.92 Å². The van der Waals surface area contributed by atoms with E-state index >= 15 is 0 Å². The van der Waals surface area contributed by atoms with Crippen LogP contribution in [0.1, 0.15) is 17.7 Å². The molecule has 3 aromatic rings. The van der Waals surface area contributed by atoms with E-state index in [1.165, 1.54) is 0 Å². The first-order valence-corrected chi connectivity index (χ1v) is 9.76. The molecule has 30 heavy (non-hydrogen) atoms. The molecule has 1 aromatic heterocycles. The van der Waals surface area contributed by atoms with Crippen LogP contribution in [0.2, 0.25) is 0 Å². The molecule has 0 aliphatic heterocycles. The van der Waals surface area contributed by atoms with Crippen LogP contribution in [-0.4, -0.2) is 37.1 Å². The van der Waals surface area contributed by atoms with Gasteiger partial charge in [0.15, 0.2) is 0 Å². The van der Waals surface area contributed by atoms with Gasteiger partial charge in [0, 0.05) is 43.7 Å². The number of carbonyl (C=O) groups excluding carboxylic acids is 1. The van der Waals surface area contributed by atoms with Crippen molar-refractivity contribution in [3.8, 4) is 5.75 Å². The van der Waals surface area contributed by atoms with Gasteiger partial charge in [0.25, 0.3) is 0 Å². The molecule has 0 unspecified atom stereocenters. The Balaban J connectivity index is 1.54. The van der Waals surface area contributed by atoms with Crippen molar-refractivity contribution in [2.45, 2.75) is 19.8 Å². The van der Waals surface area contributed by atoms with Gasteiger partial charge in [0.05, 0.1) is 7.11 Å². The molecule has 0 aliphatic rings. The first-order valence-electron chi connectivity index (χ1n) is 9.76. The molecular formula is C23H27N5O2. The number of aromatic nitrogens is 2. The number of hydrogen-bond donors (Lipinski definition) is 2. The van der Waals surface area contributed by atoms with Crippen LogP contribution in [0.4, 0.5) is 23.1 Å². The number of rotatable bonds is 8. The van der Waals surface area contributed by atoms with Gasteiger partial charge >= 0.3 is 0 Å². The molecule has 0 spiro atoms. The Kier molecular flexibility index (Phi) is 6.85. The fraction of sp³-hybridized carbons (Fsp3) is 0.261. The highest BCUT2D eigenvalue weighted by Gasteiger charge is 2.06. The molecule has 0 fully saturated rings. The SMILES string of the molecule is COc1ccc(CCC(=O)Nc2ccc(Nc3nc(C)cc(N(C)C)n3)cc2)cc1. The van der Waals surface area contributed by atoms with Crippen LogP contribution in [0.5, 0.6) is 5.75 Å². The molecule has 0 aliphatic carbocycles. The van der Waals surface area contributed by atoms with Crippen LogP contribution in [0.3, 0.4) is 0 Å². The second kappa shape index (κ2) is 9.73. The normalized spacial score (nSPS) is 10.4. The van der Waals surface area contributed by atoms with E-state index in [0.717, 1.165) is 34.2 Å². The Morgan fingerprint density at radius 3 is 2.30 bits per heavy atom. The average molecular weight is 406 g/mol. The molecule has 3 rings (SSSR count). The van der Waals surface area contributed by atoms with Gasteiger partial charge in [0.2, 0.25) is 11.9 Å². The quantitative estimate of drug-likeness (QED) is 0.585. The van der Waals surface area contributed by atoms with E-state index in [4.69, 9.17) is 4.74 Å². The minimum absolute atomic E-state index is 0.0239. The van der Waals surface area contributed by atoms with Gasteiger partial charge in [-0.2, -0.15) is 4.98 Å². The van der Waals surface area contributed by atoms with E-state index in [1.54, 1.807) is 7.11 Å². The summed E-state index contributed by atoms with van der Waals surface area (Å²) in [4.78, 5) is 23.1. The van der Waals surface area contributed by atoms with Crippen molar-refractivity contribution in [3.05, 3.63) is 65.9 Å². The number of carbonyl (C=O) groups is 1. The number of ether oxygens (including phenoxy) is 1. The van der Waals surface area contributed by atoms with E-state index in [0.29, 0.717) is 18.8 Å². The zero-order valence-corrected chi connectivity index (χ0v) is 17.8. The third kappa shape index (κ3) is 5.94. The summed E-state index contributed by atoms with van der Waals surface area (Å²) >= 11 is 0. The molecule has 7 nitrogen and oxygen atoms in total. The zero-order chi connectivity index (χ0) is 21.5. The maximum atomic E-state index is 12.2. The Bertz CT molecular complexity index is 985. The van der Waals surface area contributed by atoms with Crippen molar-refractivity contribution >= 4 is 29.0 Å². The van der Waals surface area contributed by atoms with E-state index in [1.807, 2.05) is 80.5 Å². The van der Waals surface area contributed by atoms with E-state index in [2.05, 4.69) is 20.6 Å². The van der Waals surface area contributed by atoms with E-state index in [-0.39, 0.29) is 5.91 Å². The summed E-state index contributed by atoms with van der Waals surface area (Å²) < 4.78 is 5.15. The first-order chi connectivity index (χ1) is 14.4. The molecule has 1 amide bonds. The van der Waals surface area contributed by atoms with Crippen molar-refractivity contribution < 1.29 is 9.53 Å². The van der Waals surface area contributed by atoms with Gasteiger partial charge in [0.1, 0.15) is 11.6 Å². The third-order valence-corrected chi connectivity index (χ3v) is 4.52. The maximum absolute atomic E-state index is 12.2. The minimum atomic E-state index is -0.0239. The smallest absolute Gasteiger partial charge is 0.229 e. The standard InChI is InChI=1S/C23H27N5O2/c1-16-15-21(28(2)3)27-23(24-16)26-19-10-8-18(9-11-19)25-22(29)14-7-17-5-12-20(30-4)13-6-17/h5-6,8-13,15H,7,14H2,1-4H3,(H,25,29)(H,24,26,27). The molecule has 0 bridgehead atoms. The van der Waals surface area contributed by atoms with Crippen LogP contribution in [0.15, 0.2) is 54.6 Å². The van der Waals surface area contributed by atoms with Gasteiger partial charge in [-0.3, -0.25) is 4.79 Å². The van der Waals surface area contributed by atoms with Crippen molar-refractivity contribution in [2.24, 2.45) is 0 Å². The maximum Gasteiger partial charge on any atom is 0.229 e. The molecule has 0 saturated heterocycles. The molecular weight excluding hydrogens is 378 g/mol. The highest BCUT2D eigenvalue weighted by atomic mass is 16.5. The van der Waals surface area contributed by atoms with Crippen molar-refractivity contribution in [2.75, 3.05) is 36.7 Å². The van der Waals surface area contributed by atoms with Crippen LogP contribution in [0.25, 0.3) is 0 Å². The van der Waals surface area contributed by atoms with E-state index in [9.17, 15) is 4.79 Å². The predicted molar refractivity (Wildman–Crippen MR) is 121 cm³/mol. The highest BCUT2D eigenvalue weighted by Crippen LogP contribution is 2.19. The number of anilines is 4. The summed E-state index contributed by atoms with van der Waals surface area (Å²) in [7, 11) is 5.52. The van der Waals surface area contributed by atoms with Gasteiger partial charge in [-0.1, -0.05) is 12.1 Å². The Hall–Kier alpha value is -3.61. The number of amides is 1. The molecule has 0 saturated carbocycles. The lowest BCUT2D eigenvalue weighted by atomic mass is 10.1.